The second-order valence-corrected chi connectivity index (χ2v) is 3.61. The molecule has 1 unspecified atom stereocenters. The van der Waals surface area contributed by atoms with Crippen LogP contribution in [0.4, 0.5) is 0 Å². The Morgan fingerprint density at radius 2 is 2.12 bits per heavy atom. The Morgan fingerprint density at radius 1 is 1.47 bits per heavy atom. The van der Waals surface area contributed by atoms with Crippen LogP contribution < -0.4 is 10.1 Å². The first kappa shape index (κ1) is 13.1. The Labute approximate surface area is 98.5 Å². The normalized spacial score (nSPS) is 12.1. The highest BCUT2D eigenvalue weighted by Crippen LogP contribution is 2.36. The maximum Gasteiger partial charge on any atom is 0.320 e. The summed E-state index contributed by atoms with van der Waals surface area (Å²) < 4.78 is 4.87. The molecule has 0 aliphatic heterocycles. The topological polar surface area (TPSA) is 99.0 Å². The van der Waals surface area contributed by atoms with Gasteiger partial charge in [-0.3, -0.25) is 4.79 Å². The molecule has 0 saturated heterocycles. The summed E-state index contributed by atoms with van der Waals surface area (Å²) in [6.07, 6.45) is 0. The number of benzene rings is 1. The molecule has 6 nitrogen and oxygen atoms in total. The lowest BCUT2D eigenvalue weighted by molar-refractivity contribution is -0.139. The molecular formula is C11H15NO5. The molecule has 1 rings (SSSR count). The molecule has 0 heterocycles. The van der Waals surface area contributed by atoms with Crippen molar-refractivity contribution in [2.45, 2.75) is 19.5 Å². The maximum absolute atomic E-state index is 10.6. The van der Waals surface area contributed by atoms with Gasteiger partial charge < -0.3 is 25.4 Å². The standard InChI is InChI=1S/C11H15NO5/c1-6(11(15)16)12-5-7-3-8(13)10(14)9(4-7)17-2/h3-4,6,12-14H,5H2,1-2H3,(H,15,16). The molecular weight excluding hydrogens is 226 g/mol. The van der Waals surface area contributed by atoms with E-state index in [9.17, 15) is 15.0 Å². The third kappa shape index (κ3) is 3.25. The van der Waals surface area contributed by atoms with Gasteiger partial charge in [0.25, 0.3) is 0 Å². The second kappa shape index (κ2) is 5.40. The van der Waals surface area contributed by atoms with Crippen LogP contribution in [0.15, 0.2) is 12.1 Å². The number of carboxylic acids is 1. The van der Waals surface area contributed by atoms with Gasteiger partial charge in [-0.25, -0.2) is 0 Å². The van der Waals surface area contributed by atoms with Crippen LogP contribution in [-0.4, -0.2) is 34.4 Å². The first-order valence-corrected chi connectivity index (χ1v) is 5.00. The Bertz CT molecular complexity index is 419. The number of rotatable bonds is 5. The molecule has 0 amide bonds. The molecule has 0 aliphatic carbocycles. The van der Waals surface area contributed by atoms with Crippen molar-refractivity contribution < 1.29 is 24.9 Å². The van der Waals surface area contributed by atoms with E-state index in [1.807, 2.05) is 0 Å². The number of hydrogen-bond donors (Lipinski definition) is 4. The molecule has 0 radical (unpaired) electrons. The highest BCUT2D eigenvalue weighted by molar-refractivity contribution is 5.72. The van der Waals surface area contributed by atoms with E-state index in [0.29, 0.717) is 5.56 Å². The summed E-state index contributed by atoms with van der Waals surface area (Å²) in [4.78, 5) is 10.6. The van der Waals surface area contributed by atoms with E-state index in [4.69, 9.17) is 9.84 Å². The van der Waals surface area contributed by atoms with Crippen molar-refractivity contribution in [1.29, 1.82) is 0 Å². The van der Waals surface area contributed by atoms with E-state index in [1.165, 1.54) is 26.2 Å². The van der Waals surface area contributed by atoms with Gasteiger partial charge in [0.1, 0.15) is 6.04 Å². The fraction of sp³-hybridized carbons (Fsp3) is 0.364. The van der Waals surface area contributed by atoms with E-state index in [-0.39, 0.29) is 23.8 Å². The van der Waals surface area contributed by atoms with Gasteiger partial charge in [0.05, 0.1) is 7.11 Å². The lowest BCUT2D eigenvalue weighted by atomic mass is 10.1. The summed E-state index contributed by atoms with van der Waals surface area (Å²) in [5, 5.41) is 30.2. The fourth-order valence-electron chi connectivity index (χ4n) is 1.26. The molecule has 1 aromatic carbocycles. The van der Waals surface area contributed by atoms with E-state index in [2.05, 4.69) is 5.32 Å². The van der Waals surface area contributed by atoms with E-state index >= 15 is 0 Å². The zero-order valence-corrected chi connectivity index (χ0v) is 9.60. The number of carbonyl (C=O) groups is 1. The average Bonchev–Trinajstić information content (AvgIpc) is 2.29. The Morgan fingerprint density at radius 3 is 2.65 bits per heavy atom. The monoisotopic (exact) mass is 241 g/mol. The first-order chi connectivity index (χ1) is 7.95. The SMILES string of the molecule is COc1cc(CNC(C)C(=O)O)cc(O)c1O. The summed E-state index contributed by atoms with van der Waals surface area (Å²) in [5.41, 5.74) is 0.616. The number of hydrogen-bond acceptors (Lipinski definition) is 5. The molecule has 0 bridgehead atoms. The smallest absolute Gasteiger partial charge is 0.320 e. The fourth-order valence-corrected chi connectivity index (χ4v) is 1.26. The minimum atomic E-state index is -0.958. The molecule has 0 aromatic heterocycles. The molecule has 0 aliphatic rings. The van der Waals surface area contributed by atoms with Crippen LogP contribution in [0.3, 0.4) is 0 Å². The Balaban J connectivity index is 2.79. The number of carboxylic acid groups (broad SMARTS) is 1. The van der Waals surface area contributed by atoms with E-state index in [0.717, 1.165) is 0 Å². The molecule has 17 heavy (non-hydrogen) atoms. The van der Waals surface area contributed by atoms with Gasteiger partial charge in [-0.1, -0.05) is 0 Å². The highest BCUT2D eigenvalue weighted by atomic mass is 16.5. The number of phenolic OH excluding ortho intramolecular Hbond substituents is 2. The minimum Gasteiger partial charge on any atom is -0.504 e. The largest absolute Gasteiger partial charge is 0.504 e. The van der Waals surface area contributed by atoms with Crippen LogP contribution in [0.5, 0.6) is 17.2 Å². The minimum absolute atomic E-state index is 0.143. The number of ether oxygens (including phenoxy) is 1. The van der Waals surface area contributed by atoms with Crippen molar-refractivity contribution in [3.05, 3.63) is 17.7 Å². The van der Waals surface area contributed by atoms with Crippen molar-refractivity contribution in [3.63, 3.8) is 0 Å². The third-order valence-electron chi connectivity index (χ3n) is 2.32. The first-order valence-electron chi connectivity index (χ1n) is 5.00. The molecule has 94 valence electrons. The van der Waals surface area contributed by atoms with Crippen LogP contribution in [-0.2, 0) is 11.3 Å². The Kier molecular flexibility index (Phi) is 4.17. The van der Waals surface area contributed by atoms with Crippen LogP contribution >= 0.6 is 0 Å². The Hall–Kier alpha value is -1.95. The van der Waals surface area contributed by atoms with Crippen molar-refractivity contribution in [1.82, 2.24) is 5.32 Å². The summed E-state index contributed by atoms with van der Waals surface area (Å²) in [5.74, 6) is -1.45. The van der Waals surface area contributed by atoms with Gasteiger partial charge in [-0.2, -0.15) is 0 Å². The molecule has 4 N–H and O–H groups in total. The molecule has 1 atom stereocenters. The maximum atomic E-state index is 10.6. The quantitative estimate of drug-likeness (QED) is 0.565. The molecule has 0 fully saturated rings. The molecule has 0 saturated carbocycles. The number of phenols is 2. The van der Waals surface area contributed by atoms with E-state index in [1.54, 1.807) is 0 Å². The third-order valence-corrected chi connectivity index (χ3v) is 2.32. The van der Waals surface area contributed by atoms with Crippen LogP contribution in [0.25, 0.3) is 0 Å². The predicted molar refractivity (Wildman–Crippen MR) is 60.3 cm³/mol. The lowest BCUT2D eigenvalue weighted by Gasteiger charge is -2.11. The molecule has 0 spiro atoms. The number of nitrogens with one attached hydrogen (secondary N) is 1. The van der Waals surface area contributed by atoms with Gasteiger partial charge in [0.2, 0.25) is 5.75 Å². The van der Waals surface area contributed by atoms with Crippen molar-refractivity contribution in [3.8, 4) is 17.2 Å². The number of aliphatic carboxylic acids is 1. The zero-order valence-electron chi connectivity index (χ0n) is 9.60. The number of aromatic hydroxyl groups is 2. The highest BCUT2D eigenvalue weighted by Gasteiger charge is 2.12. The molecule has 1 aromatic rings. The zero-order chi connectivity index (χ0) is 13.0. The van der Waals surface area contributed by atoms with Gasteiger partial charge in [0, 0.05) is 6.54 Å². The van der Waals surface area contributed by atoms with Crippen molar-refractivity contribution >= 4 is 5.97 Å². The summed E-state index contributed by atoms with van der Waals surface area (Å²) >= 11 is 0. The van der Waals surface area contributed by atoms with Gasteiger partial charge in [0.15, 0.2) is 11.5 Å². The van der Waals surface area contributed by atoms with Crippen LogP contribution in [0, 0.1) is 0 Å². The van der Waals surface area contributed by atoms with Crippen molar-refractivity contribution in [2.75, 3.05) is 7.11 Å². The van der Waals surface area contributed by atoms with Crippen LogP contribution in [0.2, 0.25) is 0 Å². The van der Waals surface area contributed by atoms with Gasteiger partial charge in [-0.15, -0.1) is 0 Å². The van der Waals surface area contributed by atoms with Gasteiger partial charge in [-0.05, 0) is 24.6 Å². The number of methoxy groups -OCH3 is 1. The summed E-state index contributed by atoms with van der Waals surface area (Å²) in [7, 11) is 1.37. The van der Waals surface area contributed by atoms with Crippen LogP contribution in [0.1, 0.15) is 12.5 Å². The second-order valence-electron chi connectivity index (χ2n) is 3.61. The van der Waals surface area contributed by atoms with Crippen molar-refractivity contribution in [2.24, 2.45) is 0 Å². The predicted octanol–water partition coefficient (Wildman–Crippen LogP) is 0.669. The average molecular weight is 241 g/mol. The van der Waals surface area contributed by atoms with Gasteiger partial charge >= 0.3 is 5.97 Å². The van der Waals surface area contributed by atoms with E-state index < -0.39 is 12.0 Å². The lowest BCUT2D eigenvalue weighted by Crippen LogP contribution is -2.33. The summed E-state index contributed by atoms with van der Waals surface area (Å²) in [6, 6.07) is 2.17. The molecule has 6 heteroatoms. The summed E-state index contributed by atoms with van der Waals surface area (Å²) in [6.45, 7) is 1.76.